The summed E-state index contributed by atoms with van der Waals surface area (Å²) in [5, 5.41) is 0. The van der Waals surface area contributed by atoms with Gasteiger partial charge in [-0.05, 0) is 0 Å². The van der Waals surface area contributed by atoms with Gasteiger partial charge in [-0.1, -0.05) is 0 Å². The van der Waals surface area contributed by atoms with Crippen molar-refractivity contribution in [1.29, 1.82) is 0 Å². The van der Waals surface area contributed by atoms with E-state index in [0.717, 1.165) is 0 Å². The van der Waals surface area contributed by atoms with Gasteiger partial charge >= 0.3 is 29.6 Å². The van der Waals surface area contributed by atoms with Gasteiger partial charge in [0.15, 0.2) is 12.5 Å². The van der Waals surface area contributed by atoms with E-state index >= 15 is 0 Å². The monoisotopic (exact) mass is 88.0 g/mol. The van der Waals surface area contributed by atoms with Crippen LogP contribution in [0, 0.1) is 0 Å². The quantitative estimate of drug-likeness (QED) is 0.288. The van der Waals surface area contributed by atoms with Gasteiger partial charge in [-0.15, -0.1) is 0 Å². The number of hydrogen-bond donors (Lipinski definition) is 0. The average molecular weight is 88.1 g/mol. The van der Waals surface area contributed by atoms with Crippen LogP contribution < -0.4 is 29.6 Å². The third kappa shape index (κ3) is 12.2. The minimum atomic E-state index is 0. The van der Waals surface area contributed by atoms with Gasteiger partial charge in [0.1, 0.15) is 0 Å². The van der Waals surface area contributed by atoms with Crippen LogP contribution in [0.2, 0.25) is 0 Å². The van der Waals surface area contributed by atoms with Gasteiger partial charge in [-0.2, -0.15) is 4.21 Å². The first kappa shape index (κ1) is 20.1. The summed E-state index contributed by atoms with van der Waals surface area (Å²) in [5.41, 5.74) is 0. The Hall–Kier alpha value is 0.980. The predicted molar refractivity (Wildman–Crippen MR) is 10.1 cm³/mol. The fraction of sp³-hybridized carbons (Fsp3) is 0. The minimum Gasteiger partial charge on any atom is -0.870 e. The van der Waals surface area contributed by atoms with Crippen molar-refractivity contribution in [3.8, 4) is 0 Å². The molecule has 4 heavy (non-hydrogen) atoms. The summed E-state index contributed by atoms with van der Waals surface area (Å²) in [5.74, 6) is 0. The second-order valence-corrected chi connectivity index (χ2v) is 0. The van der Waals surface area contributed by atoms with Crippen LogP contribution in [0.3, 0.4) is 0 Å². The molecule has 0 bridgehead atoms. The zero-order valence-electron chi connectivity index (χ0n) is 2.26. The van der Waals surface area contributed by atoms with Crippen LogP contribution in [0.15, 0.2) is 0 Å². The molecule has 1 N–H and O–H groups in total. The van der Waals surface area contributed by atoms with E-state index in [1.165, 1.54) is 0 Å². The fourth-order valence-electron chi connectivity index (χ4n) is 0. The molecule has 0 aromatic heterocycles. The Bertz CT molecular complexity index is 6.00. The molecule has 4 heteroatoms. The molecule has 0 aromatic rings. The molecule has 0 fully saturated rings. The van der Waals surface area contributed by atoms with Gasteiger partial charge in [0.05, 0.1) is 0 Å². The van der Waals surface area contributed by atoms with Crippen molar-refractivity contribution in [3.05, 3.63) is 0 Å². The van der Waals surface area contributed by atoms with E-state index in [1.807, 2.05) is 0 Å². The molecule has 0 aliphatic carbocycles. The van der Waals surface area contributed by atoms with Crippen molar-refractivity contribution >= 4 is 12.5 Å². The molecule has 0 unspecified atom stereocenters. The largest absolute Gasteiger partial charge is 1.00 e. The second-order valence-electron chi connectivity index (χ2n) is 0. The molecule has 0 aromatic carbocycles. The second kappa shape index (κ2) is 36.8. The van der Waals surface area contributed by atoms with E-state index in [1.54, 1.807) is 0 Å². The molecule has 0 rings (SSSR count). The molecule has 20 valence electrons. The van der Waals surface area contributed by atoms with Crippen molar-refractivity contribution in [2.75, 3.05) is 0 Å². The molecule has 0 atom stereocenters. The van der Waals surface area contributed by atoms with Crippen molar-refractivity contribution in [1.82, 2.24) is 0 Å². The Balaban J connectivity index is -0.00000000500. The maximum absolute atomic E-state index is 7.83. The molecule has 0 spiro atoms. The SMILES string of the molecule is O=S.[Na+].[OH-]. The minimum absolute atomic E-state index is 0. The van der Waals surface area contributed by atoms with Crippen LogP contribution in [0.5, 0.6) is 0 Å². The third-order valence-electron chi connectivity index (χ3n) is 0. The maximum atomic E-state index is 7.83. The molecule has 0 aliphatic rings. The van der Waals surface area contributed by atoms with Crippen molar-refractivity contribution < 1.29 is 39.2 Å². The standard InChI is InChI=1S/Na.OS.H2O/c;1-2;/h;;1H2/q+1;;/p-1. The van der Waals surface area contributed by atoms with Crippen LogP contribution in [-0.2, 0) is 12.5 Å². The predicted octanol–water partition coefficient (Wildman–Crippen LogP) is -3.51. The van der Waals surface area contributed by atoms with Crippen LogP contribution in [0.25, 0.3) is 0 Å². The van der Waals surface area contributed by atoms with Crippen molar-refractivity contribution in [3.63, 3.8) is 0 Å². The molecule has 0 radical (unpaired) electrons. The molecule has 0 heterocycles. The normalized spacial score (nSPS) is 1.00. The van der Waals surface area contributed by atoms with E-state index in [4.69, 9.17) is 4.21 Å². The topological polar surface area (TPSA) is 47.1 Å². The van der Waals surface area contributed by atoms with Crippen LogP contribution in [-0.4, -0.2) is 9.69 Å². The van der Waals surface area contributed by atoms with Gasteiger partial charge < -0.3 is 5.48 Å². The molecular weight excluding hydrogens is 87.1 g/mol. The van der Waals surface area contributed by atoms with Gasteiger partial charge in [0, 0.05) is 0 Å². The van der Waals surface area contributed by atoms with Crippen molar-refractivity contribution in [2.24, 2.45) is 0 Å². The summed E-state index contributed by atoms with van der Waals surface area (Å²) in [6, 6.07) is 0. The van der Waals surface area contributed by atoms with Crippen LogP contribution >= 0.6 is 0 Å². The summed E-state index contributed by atoms with van der Waals surface area (Å²) in [4.78, 5) is 0. The summed E-state index contributed by atoms with van der Waals surface area (Å²) >= 11 is 2.83. The zero-order chi connectivity index (χ0) is 2.00. The Morgan fingerprint density at radius 2 is 1.25 bits per heavy atom. The van der Waals surface area contributed by atoms with Crippen LogP contribution in [0.4, 0.5) is 0 Å². The van der Waals surface area contributed by atoms with E-state index in [2.05, 4.69) is 12.5 Å². The van der Waals surface area contributed by atoms with E-state index in [9.17, 15) is 0 Å². The van der Waals surface area contributed by atoms with Gasteiger partial charge in [-0.3, -0.25) is 0 Å². The molecule has 0 aliphatic heterocycles. The Morgan fingerprint density at radius 1 is 1.25 bits per heavy atom. The van der Waals surface area contributed by atoms with E-state index < -0.39 is 0 Å². The summed E-state index contributed by atoms with van der Waals surface area (Å²) in [7, 11) is 0. The molecular formula is HNaO2S. The molecule has 0 saturated carbocycles. The molecule has 0 amide bonds. The fourth-order valence-corrected chi connectivity index (χ4v) is 0. The number of rotatable bonds is 0. The molecule has 0 saturated heterocycles. The summed E-state index contributed by atoms with van der Waals surface area (Å²) < 4.78 is 7.83. The average Bonchev–Trinajstić information content (AvgIpc) is 1.00. The van der Waals surface area contributed by atoms with Crippen LogP contribution in [0.1, 0.15) is 0 Å². The number of hydrogen-bond acceptors (Lipinski definition) is 3. The first-order valence-electron chi connectivity index (χ1n) is 0.167. The van der Waals surface area contributed by atoms with Gasteiger partial charge in [-0.25, -0.2) is 0 Å². The summed E-state index contributed by atoms with van der Waals surface area (Å²) in [6.07, 6.45) is 0. The van der Waals surface area contributed by atoms with E-state index in [0.29, 0.717) is 0 Å². The van der Waals surface area contributed by atoms with E-state index in [-0.39, 0.29) is 35.0 Å². The smallest absolute Gasteiger partial charge is 0.870 e. The maximum Gasteiger partial charge on any atom is 1.00 e. The Kier molecular flexibility index (Phi) is 185. The first-order chi connectivity index (χ1) is 1.00. The van der Waals surface area contributed by atoms with Gasteiger partial charge in [0.25, 0.3) is 0 Å². The van der Waals surface area contributed by atoms with Gasteiger partial charge in [0.2, 0.25) is 0 Å². The third-order valence-corrected chi connectivity index (χ3v) is 0. The Morgan fingerprint density at radius 3 is 1.25 bits per heavy atom. The van der Waals surface area contributed by atoms with Crippen molar-refractivity contribution in [2.45, 2.75) is 0 Å². The first-order valence-corrected chi connectivity index (χ1v) is 0.500. The zero-order valence-corrected chi connectivity index (χ0v) is 5.08. The molecule has 2 nitrogen and oxygen atoms in total. The summed E-state index contributed by atoms with van der Waals surface area (Å²) in [6.45, 7) is 0. The Labute approximate surface area is 51.7 Å².